The standard InChI is InChI=1S/C20H24N6O3S/c21-30(28,29)17-6-4-15(5-7-17)23-19-22-11-14-10-16-12-25(27)13-20(8-2-1-3-9-20)26(16)18(14)24-19/h4-7,10-11,27H,1-3,8-9,12-13H2,(H2,21,28,29)(H,22,23,24). The highest BCUT2D eigenvalue weighted by atomic mass is 32.2. The Kier molecular flexibility index (Phi) is 4.55. The van der Waals surface area contributed by atoms with Gasteiger partial charge in [0.2, 0.25) is 16.0 Å². The average molecular weight is 429 g/mol. The molecule has 0 radical (unpaired) electrons. The highest BCUT2D eigenvalue weighted by molar-refractivity contribution is 7.89. The monoisotopic (exact) mass is 428 g/mol. The van der Waals surface area contributed by atoms with Crippen molar-refractivity contribution in [2.45, 2.75) is 49.1 Å². The Balaban J connectivity index is 1.53. The fourth-order valence-electron chi connectivity index (χ4n) is 4.85. The molecule has 158 valence electrons. The first-order chi connectivity index (χ1) is 14.3. The van der Waals surface area contributed by atoms with Gasteiger partial charge in [-0.25, -0.2) is 18.5 Å². The summed E-state index contributed by atoms with van der Waals surface area (Å²) >= 11 is 0. The number of fused-ring (bicyclic) bond motifs is 4. The molecule has 9 nitrogen and oxygen atoms in total. The fourth-order valence-corrected chi connectivity index (χ4v) is 5.37. The van der Waals surface area contributed by atoms with E-state index in [1.807, 2.05) is 0 Å². The summed E-state index contributed by atoms with van der Waals surface area (Å²) in [5.41, 5.74) is 2.43. The Morgan fingerprint density at radius 3 is 2.57 bits per heavy atom. The Labute approximate surface area is 174 Å². The number of hydrogen-bond donors (Lipinski definition) is 3. The van der Waals surface area contributed by atoms with E-state index in [-0.39, 0.29) is 10.4 Å². The normalized spacial score (nSPS) is 19.1. The molecule has 0 saturated heterocycles. The van der Waals surface area contributed by atoms with Crippen molar-refractivity contribution in [1.82, 2.24) is 19.6 Å². The van der Waals surface area contributed by atoms with Crippen LogP contribution in [-0.2, 0) is 22.1 Å². The number of nitrogens with one attached hydrogen (secondary N) is 1. The zero-order valence-electron chi connectivity index (χ0n) is 16.5. The van der Waals surface area contributed by atoms with Crippen LogP contribution < -0.4 is 10.5 Å². The van der Waals surface area contributed by atoms with Crippen molar-refractivity contribution in [3.05, 3.63) is 42.2 Å². The molecule has 1 saturated carbocycles. The molecular formula is C20H24N6O3S. The summed E-state index contributed by atoms with van der Waals surface area (Å²) in [4.78, 5) is 9.26. The van der Waals surface area contributed by atoms with Gasteiger partial charge in [-0.2, -0.15) is 10.0 Å². The molecule has 0 bridgehead atoms. The van der Waals surface area contributed by atoms with Crippen LogP contribution in [0.5, 0.6) is 0 Å². The number of hydroxylamine groups is 2. The van der Waals surface area contributed by atoms with Gasteiger partial charge in [0.15, 0.2) is 0 Å². The number of hydrogen-bond acceptors (Lipinski definition) is 7. The van der Waals surface area contributed by atoms with Crippen LogP contribution in [-0.4, -0.2) is 39.8 Å². The second-order valence-corrected chi connectivity index (χ2v) is 9.81. The van der Waals surface area contributed by atoms with Crippen LogP contribution in [0.1, 0.15) is 37.8 Å². The molecule has 1 aromatic carbocycles. The minimum absolute atomic E-state index is 0.0536. The SMILES string of the molecule is NS(=O)(=O)c1ccc(Nc2ncc3cc4n(c3n2)C2(CCCCC2)CN(O)C4)cc1. The van der Waals surface area contributed by atoms with Gasteiger partial charge in [-0.3, -0.25) is 0 Å². The zero-order chi connectivity index (χ0) is 20.9. The summed E-state index contributed by atoms with van der Waals surface area (Å²) in [6.07, 6.45) is 7.31. The molecule has 1 aliphatic carbocycles. The van der Waals surface area contributed by atoms with Crippen LogP contribution in [0, 0.1) is 0 Å². The molecule has 30 heavy (non-hydrogen) atoms. The number of nitrogens with zero attached hydrogens (tertiary/aromatic N) is 4. The van der Waals surface area contributed by atoms with E-state index in [0.717, 1.165) is 42.4 Å². The number of anilines is 2. The van der Waals surface area contributed by atoms with Crippen molar-refractivity contribution >= 4 is 32.7 Å². The summed E-state index contributed by atoms with van der Waals surface area (Å²) < 4.78 is 25.2. The Morgan fingerprint density at radius 1 is 1.13 bits per heavy atom. The van der Waals surface area contributed by atoms with Crippen molar-refractivity contribution in [1.29, 1.82) is 0 Å². The third-order valence-electron chi connectivity index (χ3n) is 6.14. The van der Waals surface area contributed by atoms with Gasteiger partial charge in [-0.1, -0.05) is 19.3 Å². The number of benzene rings is 1. The number of primary sulfonamides is 1. The van der Waals surface area contributed by atoms with Gasteiger partial charge >= 0.3 is 0 Å². The molecule has 2 aliphatic rings. The lowest BCUT2D eigenvalue weighted by Crippen LogP contribution is -2.50. The second-order valence-electron chi connectivity index (χ2n) is 8.25. The molecule has 3 heterocycles. The van der Waals surface area contributed by atoms with Gasteiger partial charge in [0.05, 0.1) is 17.0 Å². The highest BCUT2D eigenvalue weighted by Gasteiger charge is 2.41. The van der Waals surface area contributed by atoms with Crippen molar-refractivity contribution in [3.8, 4) is 0 Å². The van der Waals surface area contributed by atoms with Gasteiger partial charge in [0.25, 0.3) is 0 Å². The summed E-state index contributed by atoms with van der Waals surface area (Å²) in [5, 5.41) is 21.0. The van der Waals surface area contributed by atoms with E-state index in [2.05, 4.69) is 20.9 Å². The number of rotatable bonds is 3. The van der Waals surface area contributed by atoms with E-state index in [1.165, 1.54) is 23.6 Å². The summed E-state index contributed by atoms with van der Waals surface area (Å²) in [6.45, 7) is 1.07. The quantitative estimate of drug-likeness (QED) is 0.585. The van der Waals surface area contributed by atoms with Crippen molar-refractivity contribution in [2.24, 2.45) is 5.14 Å². The molecule has 1 fully saturated rings. The summed E-state index contributed by atoms with van der Waals surface area (Å²) in [7, 11) is -3.73. The third kappa shape index (κ3) is 3.35. The lowest BCUT2D eigenvalue weighted by molar-refractivity contribution is -0.142. The second kappa shape index (κ2) is 7.02. The highest BCUT2D eigenvalue weighted by Crippen LogP contribution is 2.42. The molecule has 10 heteroatoms. The van der Waals surface area contributed by atoms with Gasteiger partial charge < -0.3 is 15.1 Å². The maximum Gasteiger partial charge on any atom is 0.238 e. The number of aromatic nitrogens is 3. The first-order valence-electron chi connectivity index (χ1n) is 10.1. The molecule has 5 rings (SSSR count). The largest absolute Gasteiger partial charge is 0.324 e. The predicted octanol–water partition coefficient (Wildman–Crippen LogP) is 2.69. The first kappa shape index (κ1) is 19.4. The number of nitrogens with two attached hydrogens (primary N) is 1. The lowest BCUT2D eigenvalue weighted by Gasteiger charge is -2.45. The molecule has 0 atom stereocenters. The molecule has 2 aromatic heterocycles. The third-order valence-corrected chi connectivity index (χ3v) is 7.07. The fraction of sp³-hybridized carbons (Fsp3) is 0.400. The summed E-state index contributed by atoms with van der Waals surface area (Å²) in [5.74, 6) is 0.434. The molecular weight excluding hydrogens is 404 g/mol. The maximum atomic E-state index is 11.4. The molecule has 0 unspecified atom stereocenters. The van der Waals surface area contributed by atoms with E-state index >= 15 is 0 Å². The van der Waals surface area contributed by atoms with Crippen LogP contribution in [0.15, 0.2) is 41.4 Å². The van der Waals surface area contributed by atoms with Crippen LogP contribution in [0.25, 0.3) is 11.0 Å². The lowest BCUT2D eigenvalue weighted by atomic mass is 9.80. The van der Waals surface area contributed by atoms with Gasteiger partial charge in [-0.05, 0) is 43.2 Å². The van der Waals surface area contributed by atoms with E-state index in [0.29, 0.717) is 24.7 Å². The molecule has 3 aromatic rings. The van der Waals surface area contributed by atoms with Crippen LogP contribution in [0.3, 0.4) is 0 Å². The Bertz CT molecular complexity index is 1200. The van der Waals surface area contributed by atoms with Crippen molar-refractivity contribution in [3.63, 3.8) is 0 Å². The van der Waals surface area contributed by atoms with Crippen molar-refractivity contribution < 1.29 is 13.6 Å². The Morgan fingerprint density at radius 2 is 1.87 bits per heavy atom. The maximum absolute atomic E-state index is 11.4. The molecule has 1 spiro atoms. The van der Waals surface area contributed by atoms with Crippen LogP contribution in [0.2, 0.25) is 0 Å². The van der Waals surface area contributed by atoms with Gasteiger partial charge in [-0.15, -0.1) is 0 Å². The molecule has 0 amide bonds. The summed E-state index contributed by atoms with van der Waals surface area (Å²) in [6, 6.07) is 8.21. The molecule has 4 N–H and O–H groups in total. The molecule has 1 aliphatic heterocycles. The zero-order valence-corrected chi connectivity index (χ0v) is 17.3. The smallest absolute Gasteiger partial charge is 0.238 e. The van der Waals surface area contributed by atoms with Crippen molar-refractivity contribution in [2.75, 3.05) is 11.9 Å². The first-order valence-corrected chi connectivity index (χ1v) is 11.6. The average Bonchev–Trinajstić information content (AvgIpc) is 3.06. The topological polar surface area (TPSA) is 126 Å². The van der Waals surface area contributed by atoms with Gasteiger partial charge in [0.1, 0.15) is 5.65 Å². The number of sulfonamides is 1. The van der Waals surface area contributed by atoms with E-state index in [9.17, 15) is 13.6 Å². The Hall–Kier alpha value is -2.53. The van der Waals surface area contributed by atoms with E-state index in [4.69, 9.17) is 10.1 Å². The van der Waals surface area contributed by atoms with E-state index < -0.39 is 10.0 Å². The minimum atomic E-state index is -3.73. The van der Waals surface area contributed by atoms with Crippen LogP contribution >= 0.6 is 0 Å². The van der Waals surface area contributed by atoms with E-state index in [1.54, 1.807) is 18.3 Å². The van der Waals surface area contributed by atoms with Crippen LogP contribution in [0.4, 0.5) is 11.6 Å². The minimum Gasteiger partial charge on any atom is -0.324 e. The predicted molar refractivity (Wildman–Crippen MR) is 112 cm³/mol. The van der Waals surface area contributed by atoms with Gasteiger partial charge in [0, 0.05) is 29.5 Å².